The molecule has 1 aromatic heterocycles. The highest BCUT2D eigenvalue weighted by atomic mass is 16.2. The normalized spacial score (nSPS) is 10.7. The maximum atomic E-state index is 12.4. The molecule has 0 radical (unpaired) electrons. The molecule has 0 unspecified atom stereocenters. The number of rotatable bonds is 1. The third-order valence-electron chi connectivity index (χ3n) is 3.00. The Bertz CT molecular complexity index is 830. The first kappa shape index (κ1) is 11.3. The fourth-order valence-electron chi connectivity index (χ4n) is 2.06. The van der Waals surface area contributed by atoms with E-state index in [9.17, 15) is 9.59 Å². The van der Waals surface area contributed by atoms with Gasteiger partial charge in [-0.25, -0.2) is 4.68 Å². The van der Waals surface area contributed by atoms with Gasteiger partial charge in [0.15, 0.2) is 0 Å². The lowest BCUT2D eigenvalue weighted by atomic mass is 10.1. The quantitative estimate of drug-likeness (QED) is 0.646. The molecule has 0 aliphatic rings. The molecular weight excluding hydrogens is 242 g/mol. The summed E-state index contributed by atoms with van der Waals surface area (Å²) in [6, 6.07) is 13.7. The van der Waals surface area contributed by atoms with Crippen molar-refractivity contribution in [3.05, 3.63) is 64.4 Å². The summed E-state index contributed by atoms with van der Waals surface area (Å²) < 4.78 is 1.23. The van der Waals surface area contributed by atoms with Gasteiger partial charge in [0.25, 0.3) is 11.5 Å². The van der Waals surface area contributed by atoms with E-state index >= 15 is 0 Å². The Hall–Kier alpha value is -2.82. The molecule has 0 fully saturated rings. The van der Waals surface area contributed by atoms with Crippen LogP contribution in [0.2, 0.25) is 0 Å². The van der Waals surface area contributed by atoms with Gasteiger partial charge in [-0.15, -0.1) is 0 Å². The zero-order chi connectivity index (χ0) is 13.4. The lowest BCUT2D eigenvalue weighted by Gasteiger charge is -2.05. The van der Waals surface area contributed by atoms with E-state index in [2.05, 4.69) is 5.10 Å². The number of hydrogen-bond acceptors (Lipinski definition) is 3. The highest BCUT2D eigenvalue weighted by Gasteiger charge is 2.15. The highest BCUT2D eigenvalue weighted by Crippen LogP contribution is 2.15. The van der Waals surface area contributed by atoms with Crippen LogP contribution in [0, 0.1) is 0 Å². The number of aromatic nitrogens is 2. The molecule has 94 valence electrons. The van der Waals surface area contributed by atoms with Crippen molar-refractivity contribution in [2.24, 2.45) is 0 Å². The molecule has 0 saturated carbocycles. The van der Waals surface area contributed by atoms with Crippen molar-refractivity contribution in [1.29, 1.82) is 0 Å². The number of H-pyrrole nitrogens is 1. The standard InChI is InChI=1S/C14H11N3O2/c15-11-7-3-1-5-9(11)14(19)17-12-8-4-2-6-10(12)13(18)16-17/h1-8H,15H2,(H,16,18). The summed E-state index contributed by atoms with van der Waals surface area (Å²) in [5.74, 6) is -0.351. The van der Waals surface area contributed by atoms with Crippen LogP contribution in [0.4, 0.5) is 5.69 Å². The highest BCUT2D eigenvalue weighted by molar-refractivity contribution is 6.04. The molecule has 3 rings (SSSR count). The van der Waals surface area contributed by atoms with Crippen LogP contribution in [0.1, 0.15) is 10.4 Å². The Morgan fingerprint density at radius 3 is 2.53 bits per heavy atom. The number of nitrogens with one attached hydrogen (secondary N) is 1. The molecule has 0 amide bonds. The second-order valence-electron chi connectivity index (χ2n) is 4.19. The van der Waals surface area contributed by atoms with E-state index in [-0.39, 0.29) is 11.5 Å². The fraction of sp³-hybridized carbons (Fsp3) is 0. The molecule has 1 heterocycles. The van der Waals surface area contributed by atoms with Crippen molar-refractivity contribution in [1.82, 2.24) is 9.78 Å². The van der Waals surface area contributed by atoms with Gasteiger partial charge in [0.05, 0.1) is 16.5 Å². The summed E-state index contributed by atoms with van der Waals surface area (Å²) in [5.41, 5.74) is 6.77. The number of carbonyl (C=O) groups is 1. The van der Waals surface area contributed by atoms with Crippen LogP contribution < -0.4 is 11.3 Å². The van der Waals surface area contributed by atoms with Gasteiger partial charge in [-0.05, 0) is 24.3 Å². The first-order chi connectivity index (χ1) is 9.18. The first-order valence-corrected chi connectivity index (χ1v) is 5.77. The summed E-state index contributed by atoms with van der Waals surface area (Å²) in [4.78, 5) is 24.2. The topological polar surface area (TPSA) is 80.9 Å². The number of carbonyl (C=O) groups excluding carboxylic acids is 1. The van der Waals surface area contributed by atoms with Gasteiger partial charge in [0.1, 0.15) is 0 Å². The minimum atomic E-state index is -0.351. The van der Waals surface area contributed by atoms with E-state index in [0.717, 1.165) is 0 Å². The largest absolute Gasteiger partial charge is 0.398 e. The van der Waals surface area contributed by atoms with Crippen LogP contribution in [-0.2, 0) is 0 Å². The van der Waals surface area contributed by atoms with E-state index in [1.807, 2.05) is 0 Å². The molecule has 5 heteroatoms. The number of nitrogens with two attached hydrogens (primary N) is 1. The SMILES string of the molecule is Nc1ccccc1C(=O)n1[nH]c(=O)c2ccccc21. The number of nitrogen functional groups attached to an aromatic ring is 1. The van der Waals surface area contributed by atoms with Crippen molar-refractivity contribution in [2.45, 2.75) is 0 Å². The number of hydrogen-bond donors (Lipinski definition) is 2. The van der Waals surface area contributed by atoms with Crippen LogP contribution >= 0.6 is 0 Å². The van der Waals surface area contributed by atoms with Gasteiger partial charge in [0.2, 0.25) is 0 Å². The molecule has 2 aromatic carbocycles. The van der Waals surface area contributed by atoms with E-state index < -0.39 is 0 Å². The molecule has 0 bridgehead atoms. The third-order valence-corrected chi connectivity index (χ3v) is 3.00. The van der Waals surface area contributed by atoms with Crippen LogP contribution in [0.3, 0.4) is 0 Å². The smallest absolute Gasteiger partial charge is 0.279 e. The summed E-state index contributed by atoms with van der Waals surface area (Å²) in [7, 11) is 0. The Balaban J connectivity index is 2.23. The number of fused-ring (bicyclic) bond motifs is 1. The zero-order valence-electron chi connectivity index (χ0n) is 9.96. The molecule has 0 aliphatic heterocycles. The van der Waals surface area contributed by atoms with Crippen LogP contribution in [0.15, 0.2) is 53.3 Å². The van der Waals surface area contributed by atoms with E-state index in [1.54, 1.807) is 48.5 Å². The Morgan fingerprint density at radius 1 is 1.05 bits per heavy atom. The zero-order valence-corrected chi connectivity index (χ0v) is 9.96. The van der Waals surface area contributed by atoms with Crippen LogP contribution in [0.5, 0.6) is 0 Å². The Kier molecular flexibility index (Phi) is 2.45. The average molecular weight is 253 g/mol. The van der Waals surface area contributed by atoms with Crippen molar-refractivity contribution in [3.8, 4) is 0 Å². The van der Waals surface area contributed by atoms with Crippen LogP contribution in [-0.4, -0.2) is 15.7 Å². The lowest BCUT2D eigenvalue weighted by molar-refractivity contribution is 0.0951. The van der Waals surface area contributed by atoms with Crippen molar-refractivity contribution < 1.29 is 4.79 Å². The molecule has 19 heavy (non-hydrogen) atoms. The Morgan fingerprint density at radius 2 is 1.74 bits per heavy atom. The monoisotopic (exact) mass is 253 g/mol. The van der Waals surface area contributed by atoms with Gasteiger partial charge in [0, 0.05) is 5.69 Å². The predicted octanol–water partition coefficient (Wildman–Crippen LogP) is 1.60. The molecule has 3 N–H and O–H groups in total. The van der Waals surface area contributed by atoms with Gasteiger partial charge in [-0.2, -0.15) is 0 Å². The van der Waals surface area contributed by atoms with Crippen molar-refractivity contribution >= 4 is 22.5 Å². The fourth-order valence-corrected chi connectivity index (χ4v) is 2.06. The minimum Gasteiger partial charge on any atom is -0.398 e. The average Bonchev–Trinajstić information content (AvgIpc) is 2.77. The molecule has 3 aromatic rings. The summed E-state index contributed by atoms with van der Waals surface area (Å²) in [5, 5.41) is 3.01. The Labute approximate surface area is 108 Å². The molecule has 0 aliphatic carbocycles. The molecular formula is C14H11N3O2. The van der Waals surface area contributed by atoms with Gasteiger partial charge in [-0.3, -0.25) is 14.7 Å². The number of anilines is 1. The summed E-state index contributed by atoms with van der Waals surface area (Å²) in [6.45, 7) is 0. The molecule has 0 saturated heterocycles. The second-order valence-corrected chi connectivity index (χ2v) is 4.19. The van der Waals surface area contributed by atoms with Gasteiger partial charge >= 0.3 is 0 Å². The van der Waals surface area contributed by atoms with Gasteiger partial charge < -0.3 is 5.73 Å². The van der Waals surface area contributed by atoms with Crippen molar-refractivity contribution in [3.63, 3.8) is 0 Å². The van der Waals surface area contributed by atoms with Crippen LogP contribution in [0.25, 0.3) is 10.9 Å². The minimum absolute atomic E-state index is 0.293. The predicted molar refractivity (Wildman–Crippen MR) is 73.1 cm³/mol. The first-order valence-electron chi connectivity index (χ1n) is 5.77. The molecule has 0 atom stereocenters. The number of nitrogens with zero attached hydrogens (tertiary/aromatic N) is 1. The molecule has 5 nitrogen and oxygen atoms in total. The van der Waals surface area contributed by atoms with Crippen molar-refractivity contribution in [2.75, 3.05) is 5.73 Å². The van der Waals surface area contributed by atoms with E-state index in [0.29, 0.717) is 22.2 Å². The van der Waals surface area contributed by atoms with E-state index in [1.165, 1.54) is 4.68 Å². The van der Waals surface area contributed by atoms with E-state index in [4.69, 9.17) is 5.73 Å². The number of para-hydroxylation sites is 2. The molecule has 0 spiro atoms. The lowest BCUT2D eigenvalue weighted by Crippen LogP contribution is -2.17. The number of aromatic amines is 1. The third kappa shape index (κ3) is 1.72. The number of benzene rings is 2. The maximum Gasteiger partial charge on any atom is 0.279 e. The second kappa shape index (κ2) is 4.13. The summed E-state index contributed by atoms with van der Waals surface area (Å²) in [6.07, 6.45) is 0. The summed E-state index contributed by atoms with van der Waals surface area (Å²) >= 11 is 0. The van der Waals surface area contributed by atoms with Gasteiger partial charge in [-0.1, -0.05) is 24.3 Å². The maximum absolute atomic E-state index is 12.4.